The molecule has 6 heteroatoms. The molecule has 128 valence electrons. The Balaban J connectivity index is 1.78. The minimum absolute atomic E-state index is 0.178. The maximum absolute atomic E-state index is 13.5. The third-order valence-corrected chi connectivity index (χ3v) is 4.40. The van der Waals surface area contributed by atoms with Crippen LogP contribution in [-0.2, 0) is 5.75 Å². The van der Waals surface area contributed by atoms with Crippen molar-refractivity contribution in [1.29, 1.82) is 0 Å². The molecule has 0 atom stereocenters. The summed E-state index contributed by atoms with van der Waals surface area (Å²) in [5.74, 6) is 2.00. The smallest absolute Gasteiger partial charge is 0.251 e. The molecule has 0 saturated heterocycles. The molecule has 0 aliphatic carbocycles. The van der Waals surface area contributed by atoms with E-state index < -0.39 is 0 Å². The molecule has 2 aromatic carbocycles. The van der Waals surface area contributed by atoms with Crippen molar-refractivity contribution in [3.05, 3.63) is 59.4 Å². The van der Waals surface area contributed by atoms with Gasteiger partial charge in [0.1, 0.15) is 5.82 Å². The van der Waals surface area contributed by atoms with Crippen LogP contribution in [0.2, 0.25) is 0 Å². The summed E-state index contributed by atoms with van der Waals surface area (Å²) < 4.78 is 23.8. The van der Waals surface area contributed by atoms with Crippen LogP contribution < -0.4 is 14.8 Å². The van der Waals surface area contributed by atoms with E-state index in [-0.39, 0.29) is 11.7 Å². The zero-order chi connectivity index (χ0) is 17.4. The van der Waals surface area contributed by atoms with Gasteiger partial charge in [0.05, 0.1) is 14.2 Å². The Morgan fingerprint density at radius 1 is 1.12 bits per heavy atom. The molecule has 1 amide bonds. The fourth-order valence-electron chi connectivity index (χ4n) is 2.11. The number of rotatable bonds is 8. The SMILES string of the molecule is COc1ccc(C(=O)NCCSCc2ccccc2F)cc1OC. The molecule has 0 heterocycles. The van der Waals surface area contributed by atoms with Gasteiger partial charge >= 0.3 is 0 Å². The van der Waals surface area contributed by atoms with Gasteiger partial charge in [-0.25, -0.2) is 4.39 Å². The zero-order valence-electron chi connectivity index (χ0n) is 13.7. The number of halogens is 1. The molecular weight excluding hydrogens is 329 g/mol. The summed E-state index contributed by atoms with van der Waals surface area (Å²) in [6.07, 6.45) is 0. The van der Waals surface area contributed by atoms with Crippen LogP contribution in [0.15, 0.2) is 42.5 Å². The van der Waals surface area contributed by atoms with Crippen molar-refractivity contribution in [2.24, 2.45) is 0 Å². The van der Waals surface area contributed by atoms with Crippen molar-refractivity contribution < 1.29 is 18.7 Å². The van der Waals surface area contributed by atoms with Crippen LogP contribution in [0.4, 0.5) is 4.39 Å². The van der Waals surface area contributed by atoms with Gasteiger partial charge in [0.15, 0.2) is 11.5 Å². The highest BCUT2D eigenvalue weighted by Gasteiger charge is 2.10. The number of carbonyl (C=O) groups is 1. The monoisotopic (exact) mass is 349 g/mol. The zero-order valence-corrected chi connectivity index (χ0v) is 14.5. The summed E-state index contributed by atoms with van der Waals surface area (Å²) >= 11 is 1.57. The molecule has 0 aromatic heterocycles. The van der Waals surface area contributed by atoms with Crippen LogP contribution >= 0.6 is 11.8 Å². The lowest BCUT2D eigenvalue weighted by Crippen LogP contribution is -2.25. The minimum atomic E-state index is -0.195. The second kappa shape index (κ2) is 9.17. The van der Waals surface area contributed by atoms with Crippen LogP contribution in [-0.4, -0.2) is 32.4 Å². The lowest BCUT2D eigenvalue weighted by molar-refractivity contribution is 0.0956. The van der Waals surface area contributed by atoms with Crippen molar-refractivity contribution >= 4 is 17.7 Å². The highest BCUT2D eigenvalue weighted by atomic mass is 32.2. The van der Waals surface area contributed by atoms with Crippen LogP contribution in [0.25, 0.3) is 0 Å². The van der Waals surface area contributed by atoms with Gasteiger partial charge in [-0.05, 0) is 29.8 Å². The second-order valence-electron chi connectivity index (χ2n) is 4.97. The first-order valence-electron chi connectivity index (χ1n) is 7.47. The quantitative estimate of drug-likeness (QED) is 0.741. The Morgan fingerprint density at radius 3 is 2.58 bits per heavy atom. The molecule has 0 saturated carbocycles. The third kappa shape index (κ3) is 4.89. The molecule has 0 spiro atoms. The standard InChI is InChI=1S/C18H20FNO3S/c1-22-16-8-7-13(11-17(16)23-2)18(21)20-9-10-24-12-14-5-3-4-6-15(14)19/h3-8,11H,9-10,12H2,1-2H3,(H,20,21). The molecule has 0 bridgehead atoms. The van der Waals surface area contributed by atoms with Gasteiger partial charge in [-0.15, -0.1) is 0 Å². The first kappa shape index (κ1) is 18.1. The summed E-state index contributed by atoms with van der Waals surface area (Å²) in [4.78, 5) is 12.1. The number of hydrogen-bond acceptors (Lipinski definition) is 4. The Labute approximate surface area is 145 Å². The van der Waals surface area contributed by atoms with Gasteiger partial charge < -0.3 is 14.8 Å². The third-order valence-electron chi connectivity index (χ3n) is 3.39. The van der Waals surface area contributed by atoms with Gasteiger partial charge in [-0.1, -0.05) is 18.2 Å². The van der Waals surface area contributed by atoms with E-state index in [1.165, 1.54) is 13.2 Å². The maximum atomic E-state index is 13.5. The van der Waals surface area contributed by atoms with Crippen molar-refractivity contribution in [3.63, 3.8) is 0 Å². The molecule has 0 unspecified atom stereocenters. The van der Waals surface area contributed by atoms with E-state index in [9.17, 15) is 9.18 Å². The van der Waals surface area contributed by atoms with Gasteiger partial charge in [-0.2, -0.15) is 11.8 Å². The number of ether oxygens (including phenoxy) is 2. The number of benzene rings is 2. The number of thioether (sulfide) groups is 1. The summed E-state index contributed by atoms with van der Waals surface area (Å²) in [7, 11) is 3.07. The van der Waals surface area contributed by atoms with Crippen LogP contribution in [0.1, 0.15) is 15.9 Å². The van der Waals surface area contributed by atoms with Crippen molar-refractivity contribution in [2.75, 3.05) is 26.5 Å². The summed E-state index contributed by atoms with van der Waals surface area (Å²) in [5, 5.41) is 2.84. The van der Waals surface area contributed by atoms with Crippen LogP contribution in [0.5, 0.6) is 11.5 Å². The van der Waals surface area contributed by atoms with Crippen molar-refractivity contribution in [2.45, 2.75) is 5.75 Å². The van der Waals surface area contributed by atoms with Crippen molar-refractivity contribution in [1.82, 2.24) is 5.32 Å². The average Bonchev–Trinajstić information content (AvgIpc) is 2.62. The Morgan fingerprint density at radius 2 is 1.88 bits per heavy atom. The predicted molar refractivity (Wildman–Crippen MR) is 94.4 cm³/mol. The molecule has 0 aliphatic rings. The van der Waals surface area contributed by atoms with E-state index in [0.717, 1.165) is 0 Å². The molecule has 2 aromatic rings. The fraction of sp³-hybridized carbons (Fsp3) is 0.278. The number of methoxy groups -OCH3 is 2. The summed E-state index contributed by atoms with van der Waals surface area (Å²) in [5.41, 5.74) is 1.18. The first-order chi connectivity index (χ1) is 11.7. The number of nitrogens with one attached hydrogen (secondary N) is 1. The average molecular weight is 349 g/mol. The fourth-order valence-corrected chi connectivity index (χ4v) is 2.96. The van der Waals surface area contributed by atoms with E-state index in [1.54, 1.807) is 49.2 Å². The second-order valence-corrected chi connectivity index (χ2v) is 6.07. The summed E-state index contributed by atoms with van der Waals surface area (Å²) in [6.45, 7) is 0.506. The lowest BCUT2D eigenvalue weighted by atomic mass is 10.2. The van der Waals surface area contributed by atoms with E-state index in [0.29, 0.717) is 40.7 Å². The lowest BCUT2D eigenvalue weighted by Gasteiger charge is -2.10. The molecule has 2 rings (SSSR count). The Bertz CT molecular complexity index is 694. The molecular formula is C18H20FNO3S. The highest BCUT2D eigenvalue weighted by molar-refractivity contribution is 7.98. The minimum Gasteiger partial charge on any atom is -0.493 e. The molecule has 4 nitrogen and oxygen atoms in total. The normalized spacial score (nSPS) is 10.3. The topological polar surface area (TPSA) is 47.6 Å². The maximum Gasteiger partial charge on any atom is 0.251 e. The number of hydrogen-bond donors (Lipinski definition) is 1. The van der Waals surface area contributed by atoms with Gasteiger partial charge in [0.25, 0.3) is 5.91 Å². The van der Waals surface area contributed by atoms with E-state index in [2.05, 4.69) is 5.32 Å². The Hall–Kier alpha value is -2.21. The van der Waals surface area contributed by atoms with Gasteiger partial charge in [-0.3, -0.25) is 4.79 Å². The van der Waals surface area contributed by atoms with E-state index in [1.807, 2.05) is 6.07 Å². The van der Waals surface area contributed by atoms with Gasteiger partial charge in [0.2, 0.25) is 0 Å². The molecule has 1 N–H and O–H groups in total. The predicted octanol–water partition coefficient (Wildman–Crippen LogP) is 3.51. The molecule has 0 aliphatic heterocycles. The van der Waals surface area contributed by atoms with E-state index >= 15 is 0 Å². The Kier molecular flexibility index (Phi) is 6.93. The number of carbonyl (C=O) groups excluding carboxylic acids is 1. The molecule has 0 radical (unpaired) electrons. The van der Waals surface area contributed by atoms with Crippen molar-refractivity contribution in [3.8, 4) is 11.5 Å². The molecule has 24 heavy (non-hydrogen) atoms. The first-order valence-corrected chi connectivity index (χ1v) is 8.62. The van der Waals surface area contributed by atoms with Crippen LogP contribution in [0.3, 0.4) is 0 Å². The van der Waals surface area contributed by atoms with Crippen LogP contribution in [0, 0.1) is 5.82 Å². The summed E-state index contributed by atoms with van der Waals surface area (Å²) in [6, 6.07) is 11.7. The van der Waals surface area contributed by atoms with Gasteiger partial charge in [0, 0.05) is 23.6 Å². The highest BCUT2D eigenvalue weighted by Crippen LogP contribution is 2.27. The number of amides is 1. The van der Waals surface area contributed by atoms with E-state index in [4.69, 9.17) is 9.47 Å². The largest absolute Gasteiger partial charge is 0.493 e. The molecule has 0 fully saturated rings.